The Morgan fingerprint density at radius 2 is 2.00 bits per heavy atom. The van der Waals surface area contributed by atoms with E-state index in [4.69, 9.17) is 5.11 Å². The van der Waals surface area contributed by atoms with Crippen LogP contribution in [0.5, 0.6) is 0 Å². The molecule has 1 fully saturated rings. The molecule has 0 saturated heterocycles. The summed E-state index contributed by atoms with van der Waals surface area (Å²) in [5.41, 5.74) is 0. The number of carbonyl (C=O) groups is 1. The van der Waals surface area contributed by atoms with Gasteiger partial charge in [-0.05, 0) is 18.8 Å². The minimum atomic E-state index is -0.874. The van der Waals surface area contributed by atoms with Crippen molar-refractivity contribution in [3.63, 3.8) is 0 Å². The van der Waals surface area contributed by atoms with Gasteiger partial charge < -0.3 is 15.5 Å². The Kier molecular flexibility index (Phi) is 4.90. The largest absolute Gasteiger partial charge is 0.480 e. The summed E-state index contributed by atoms with van der Waals surface area (Å²) < 4.78 is 0. The second-order valence-corrected chi connectivity index (χ2v) is 3.99. The summed E-state index contributed by atoms with van der Waals surface area (Å²) in [5.74, 6) is -0.508. The van der Waals surface area contributed by atoms with Gasteiger partial charge in [-0.25, -0.2) is 0 Å². The summed E-state index contributed by atoms with van der Waals surface area (Å²) in [4.78, 5) is 10.2. The SMILES string of the molecule is O=C(O)CNCC(O)C1CCCCC1. The predicted molar refractivity (Wildman–Crippen MR) is 53.1 cm³/mol. The van der Waals surface area contributed by atoms with Crippen LogP contribution in [-0.2, 0) is 4.79 Å². The molecule has 0 radical (unpaired) electrons. The van der Waals surface area contributed by atoms with Gasteiger partial charge in [0.05, 0.1) is 12.6 Å². The predicted octanol–water partition coefficient (Wildman–Crippen LogP) is 0.602. The van der Waals surface area contributed by atoms with Crippen LogP contribution in [0.2, 0.25) is 0 Å². The lowest BCUT2D eigenvalue weighted by Gasteiger charge is -2.26. The zero-order valence-corrected chi connectivity index (χ0v) is 8.41. The van der Waals surface area contributed by atoms with E-state index in [9.17, 15) is 9.90 Å². The molecule has 1 atom stereocenters. The van der Waals surface area contributed by atoms with Crippen LogP contribution in [0, 0.1) is 5.92 Å². The van der Waals surface area contributed by atoms with Crippen LogP contribution in [0.3, 0.4) is 0 Å². The first-order chi connectivity index (χ1) is 6.70. The smallest absolute Gasteiger partial charge is 0.317 e. The van der Waals surface area contributed by atoms with E-state index in [1.54, 1.807) is 0 Å². The van der Waals surface area contributed by atoms with Gasteiger partial charge in [0.25, 0.3) is 0 Å². The van der Waals surface area contributed by atoms with E-state index in [1.165, 1.54) is 19.3 Å². The standard InChI is InChI=1S/C10H19NO3/c12-9(6-11-7-10(13)14)8-4-2-1-3-5-8/h8-9,11-12H,1-7H2,(H,13,14). The maximum absolute atomic E-state index is 10.2. The number of rotatable bonds is 5. The number of hydrogen-bond donors (Lipinski definition) is 3. The van der Waals surface area contributed by atoms with Crippen molar-refractivity contribution >= 4 is 5.97 Å². The van der Waals surface area contributed by atoms with Crippen molar-refractivity contribution in [1.29, 1.82) is 0 Å². The number of aliphatic hydroxyl groups is 1. The van der Waals surface area contributed by atoms with Crippen molar-refractivity contribution in [1.82, 2.24) is 5.32 Å². The van der Waals surface area contributed by atoms with E-state index >= 15 is 0 Å². The van der Waals surface area contributed by atoms with E-state index in [1.807, 2.05) is 0 Å². The molecule has 14 heavy (non-hydrogen) atoms. The molecule has 0 aromatic rings. The van der Waals surface area contributed by atoms with Crippen LogP contribution < -0.4 is 5.32 Å². The first-order valence-corrected chi connectivity index (χ1v) is 5.30. The molecule has 1 unspecified atom stereocenters. The molecule has 1 rings (SSSR count). The van der Waals surface area contributed by atoms with Crippen molar-refractivity contribution in [2.24, 2.45) is 5.92 Å². The number of aliphatic carboxylic acids is 1. The van der Waals surface area contributed by atoms with Crippen molar-refractivity contribution < 1.29 is 15.0 Å². The van der Waals surface area contributed by atoms with Crippen LogP contribution in [0.15, 0.2) is 0 Å². The Balaban J connectivity index is 2.13. The fourth-order valence-corrected chi connectivity index (χ4v) is 2.01. The van der Waals surface area contributed by atoms with Gasteiger partial charge in [0.2, 0.25) is 0 Å². The fourth-order valence-electron chi connectivity index (χ4n) is 2.01. The first-order valence-electron chi connectivity index (χ1n) is 5.30. The minimum Gasteiger partial charge on any atom is -0.480 e. The lowest BCUT2D eigenvalue weighted by molar-refractivity contribution is -0.136. The third-order valence-corrected chi connectivity index (χ3v) is 2.82. The molecule has 82 valence electrons. The van der Waals surface area contributed by atoms with E-state index in [0.29, 0.717) is 12.5 Å². The van der Waals surface area contributed by atoms with Crippen molar-refractivity contribution in [2.45, 2.75) is 38.2 Å². The summed E-state index contributed by atoms with van der Waals surface area (Å²) in [6, 6.07) is 0. The number of aliphatic hydroxyl groups excluding tert-OH is 1. The van der Waals surface area contributed by atoms with Gasteiger partial charge in [-0.15, -0.1) is 0 Å². The number of carboxylic acid groups (broad SMARTS) is 1. The number of hydrogen-bond acceptors (Lipinski definition) is 3. The zero-order valence-electron chi connectivity index (χ0n) is 8.41. The summed E-state index contributed by atoms with van der Waals surface area (Å²) >= 11 is 0. The lowest BCUT2D eigenvalue weighted by Crippen LogP contribution is -2.36. The lowest BCUT2D eigenvalue weighted by atomic mass is 9.85. The van der Waals surface area contributed by atoms with Crippen LogP contribution >= 0.6 is 0 Å². The molecule has 0 heterocycles. The Bertz CT molecular complexity index is 178. The van der Waals surface area contributed by atoms with E-state index in [0.717, 1.165) is 12.8 Å². The maximum Gasteiger partial charge on any atom is 0.317 e. The number of nitrogens with one attached hydrogen (secondary N) is 1. The van der Waals surface area contributed by atoms with Crippen LogP contribution in [-0.4, -0.2) is 35.4 Å². The molecule has 0 spiro atoms. The van der Waals surface area contributed by atoms with Crippen molar-refractivity contribution in [3.8, 4) is 0 Å². The highest BCUT2D eigenvalue weighted by atomic mass is 16.4. The molecule has 1 aliphatic rings. The summed E-state index contributed by atoms with van der Waals surface area (Å²) in [6.07, 6.45) is 5.44. The van der Waals surface area contributed by atoms with Gasteiger partial charge in [-0.2, -0.15) is 0 Å². The van der Waals surface area contributed by atoms with Gasteiger partial charge in [0.1, 0.15) is 0 Å². The molecular formula is C10H19NO3. The highest BCUT2D eigenvalue weighted by Crippen LogP contribution is 2.26. The monoisotopic (exact) mass is 201 g/mol. The van der Waals surface area contributed by atoms with E-state index in [2.05, 4.69) is 5.32 Å². The molecule has 4 nitrogen and oxygen atoms in total. The molecule has 3 N–H and O–H groups in total. The van der Waals surface area contributed by atoms with Crippen molar-refractivity contribution in [3.05, 3.63) is 0 Å². The first kappa shape index (κ1) is 11.5. The van der Waals surface area contributed by atoms with Gasteiger partial charge in [0.15, 0.2) is 0 Å². The molecule has 0 aromatic heterocycles. The highest BCUT2D eigenvalue weighted by molar-refractivity contribution is 5.68. The number of carboxylic acids is 1. The van der Waals surface area contributed by atoms with Crippen LogP contribution in [0.25, 0.3) is 0 Å². The van der Waals surface area contributed by atoms with E-state index < -0.39 is 5.97 Å². The third kappa shape index (κ3) is 4.07. The Labute approximate surface area is 84.3 Å². The molecule has 0 bridgehead atoms. The average molecular weight is 201 g/mol. The Morgan fingerprint density at radius 3 is 2.57 bits per heavy atom. The van der Waals surface area contributed by atoms with Gasteiger partial charge >= 0.3 is 5.97 Å². The second kappa shape index (κ2) is 5.98. The summed E-state index contributed by atoms with van der Waals surface area (Å²) in [7, 11) is 0. The zero-order chi connectivity index (χ0) is 10.4. The summed E-state index contributed by atoms with van der Waals surface area (Å²) in [6.45, 7) is 0.334. The van der Waals surface area contributed by atoms with Gasteiger partial charge in [0, 0.05) is 6.54 Å². The van der Waals surface area contributed by atoms with Gasteiger partial charge in [-0.3, -0.25) is 4.79 Å². The topological polar surface area (TPSA) is 69.6 Å². The van der Waals surface area contributed by atoms with Crippen molar-refractivity contribution in [2.75, 3.05) is 13.1 Å². The molecule has 0 aliphatic heterocycles. The Hall–Kier alpha value is -0.610. The normalized spacial score (nSPS) is 20.6. The molecule has 4 heteroatoms. The molecule has 0 aromatic carbocycles. The Morgan fingerprint density at radius 1 is 1.36 bits per heavy atom. The molecule has 1 saturated carbocycles. The van der Waals surface area contributed by atoms with Crippen LogP contribution in [0.1, 0.15) is 32.1 Å². The molecular weight excluding hydrogens is 182 g/mol. The average Bonchev–Trinajstić information content (AvgIpc) is 2.18. The minimum absolute atomic E-state index is 0.0657. The van der Waals surface area contributed by atoms with Gasteiger partial charge in [-0.1, -0.05) is 19.3 Å². The quantitative estimate of drug-likeness (QED) is 0.609. The highest BCUT2D eigenvalue weighted by Gasteiger charge is 2.21. The fraction of sp³-hybridized carbons (Fsp3) is 0.900. The van der Waals surface area contributed by atoms with E-state index in [-0.39, 0.29) is 12.6 Å². The third-order valence-electron chi connectivity index (χ3n) is 2.82. The summed E-state index contributed by atoms with van der Waals surface area (Å²) in [5, 5.41) is 20.9. The van der Waals surface area contributed by atoms with Crippen LogP contribution in [0.4, 0.5) is 0 Å². The maximum atomic E-state index is 10.2. The second-order valence-electron chi connectivity index (χ2n) is 3.99. The molecule has 0 amide bonds. The molecule has 1 aliphatic carbocycles.